The van der Waals surface area contributed by atoms with Gasteiger partial charge in [-0.2, -0.15) is 0 Å². The molecule has 1 aliphatic rings. The predicted octanol–water partition coefficient (Wildman–Crippen LogP) is 2.80. The van der Waals surface area contributed by atoms with Crippen molar-refractivity contribution in [2.45, 2.75) is 32.4 Å². The molecule has 27 heavy (non-hydrogen) atoms. The number of pyridine rings is 1. The number of nitrogens with one attached hydrogen (secondary N) is 1. The van der Waals surface area contributed by atoms with E-state index >= 15 is 0 Å². The first-order valence-corrected chi connectivity index (χ1v) is 9.26. The highest BCUT2D eigenvalue weighted by atomic mass is 16.5. The fourth-order valence-corrected chi connectivity index (χ4v) is 3.44. The molecule has 0 bridgehead atoms. The fourth-order valence-electron chi connectivity index (χ4n) is 3.44. The molecule has 2 heterocycles. The lowest BCUT2D eigenvalue weighted by Crippen LogP contribution is -2.44. The number of methoxy groups -OCH3 is 2. The molecule has 1 aromatic heterocycles. The second-order valence-corrected chi connectivity index (χ2v) is 6.85. The van der Waals surface area contributed by atoms with Crippen molar-refractivity contribution in [1.82, 2.24) is 15.2 Å². The quantitative estimate of drug-likeness (QED) is 0.848. The van der Waals surface area contributed by atoms with Gasteiger partial charge in [0.15, 0.2) is 0 Å². The molecule has 1 saturated heterocycles. The highest BCUT2D eigenvalue weighted by molar-refractivity contribution is 5.95. The average Bonchev–Trinajstić information content (AvgIpc) is 2.70. The first kappa shape index (κ1) is 19.2. The van der Waals surface area contributed by atoms with Gasteiger partial charge in [0.2, 0.25) is 0 Å². The van der Waals surface area contributed by atoms with Gasteiger partial charge in [-0.15, -0.1) is 0 Å². The van der Waals surface area contributed by atoms with Crippen molar-refractivity contribution in [3.63, 3.8) is 0 Å². The van der Waals surface area contributed by atoms with Gasteiger partial charge in [0.25, 0.3) is 5.91 Å². The third kappa shape index (κ3) is 4.77. The summed E-state index contributed by atoms with van der Waals surface area (Å²) in [5.41, 5.74) is 2.53. The molecule has 1 N–H and O–H groups in total. The molecule has 1 aliphatic heterocycles. The number of hydrogen-bond acceptors (Lipinski definition) is 5. The third-order valence-corrected chi connectivity index (χ3v) is 5.05. The predicted molar refractivity (Wildman–Crippen MR) is 104 cm³/mol. The molecule has 0 aliphatic carbocycles. The Hall–Kier alpha value is -2.60. The van der Waals surface area contributed by atoms with Crippen molar-refractivity contribution in [1.29, 1.82) is 0 Å². The van der Waals surface area contributed by atoms with Crippen LogP contribution in [-0.2, 0) is 6.54 Å². The van der Waals surface area contributed by atoms with Crippen molar-refractivity contribution in [2.24, 2.45) is 0 Å². The molecule has 0 radical (unpaired) electrons. The van der Waals surface area contributed by atoms with E-state index in [0.29, 0.717) is 17.1 Å². The van der Waals surface area contributed by atoms with E-state index < -0.39 is 0 Å². The maximum Gasteiger partial charge on any atom is 0.251 e. The number of carbonyl (C=O) groups excluding carboxylic acids is 1. The number of benzene rings is 1. The summed E-state index contributed by atoms with van der Waals surface area (Å²) >= 11 is 0. The number of aromatic nitrogens is 1. The standard InChI is InChI=1S/C21H27N3O3/c1-15-19(26-2)12-16(13-20(15)27-3)21(25)23-17-7-10-24(11-8-17)14-18-6-4-5-9-22-18/h4-6,9,12-13,17H,7-8,10-11,14H2,1-3H3,(H,23,25). The van der Waals surface area contributed by atoms with Gasteiger partial charge in [-0.1, -0.05) is 6.07 Å². The minimum Gasteiger partial charge on any atom is -0.496 e. The number of amides is 1. The number of carbonyl (C=O) groups is 1. The van der Waals surface area contributed by atoms with Crippen LogP contribution in [0.2, 0.25) is 0 Å². The van der Waals surface area contributed by atoms with Gasteiger partial charge in [0.05, 0.1) is 19.9 Å². The molecule has 144 valence electrons. The van der Waals surface area contributed by atoms with E-state index in [1.54, 1.807) is 26.4 Å². The molecule has 3 rings (SSSR count). The first-order valence-electron chi connectivity index (χ1n) is 9.26. The topological polar surface area (TPSA) is 63.7 Å². The lowest BCUT2D eigenvalue weighted by molar-refractivity contribution is 0.0907. The summed E-state index contributed by atoms with van der Waals surface area (Å²) in [6, 6.07) is 9.70. The Morgan fingerprint density at radius 3 is 2.41 bits per heavy atom. The molecular weight excluding hydrogens is 342 g/mol. The lowest BCUT2D eigenvalue weighted by atomic mass is 10.0. The third-order valence-electron chi connectivity index (χ3n) is 5.05. The number of likely N-dealkylation sites (tertiary alicyclic amines) is 1. The molecule has 1 fully saturated rings. The zero-order chi connectivity index (χ0) is 19.2. The van der Waals surface area contributed by atoms with Crippen molar-refractivity contribution < 1.29 is 14.3 Å². The Balaban J connectivity index is 1.56. The smallest absolute Gasteiger partial charge is 0.251 e. The maximum absolute atomic E-state index is 12.7. The van der Waals surface area contributed by atoms with Crippen LogP contribution in [0.25, 0.3) is 0 Å². The first-order chi connectivity index (χ1) is 13.1. The van der Waals surface area contributed by atoms with Crippen molar-refractivity contribution in [2.75, 3.05) is 27.3 Å². The molecule has 2 aromatic rings. The average molecular weight is 369 g/mol. The summed E-state index contributed by atoms with van der Waals surface area (Å²) in [6.07, 6.45) is 3.68. The zero-order valence-corrected chi connectivity index (χ0v) is 16.2. The Kier molecular flexibility index (Phi) is 6.29. The van der Waals surface area contributed by atoms with E-state index in [4.69, 9.17) is 9.47 Å². The van der Waals surface area contributed by atoms with Gasteiger partial charge < -0.3 is 14.8 Å². The number of rotatable bonds is 6. The van der Waals surface area contributed by atoms with Gasteiger partial charge in [-0.3, -0.25) is 14.7 Å². The van der Waals surface area contributed by atoms with E-state index in [1.807, 2.05) is 31.3 Å². The van der Waals surface area contributed by atoms with Crippen LogP contribution in [0.5, 0.6) is 11.5 Å². The summed E-state index contributed by atoms with van der Waals surface area (Å²) in [7, 11) is 3.20. The van der Waals surface area contributed by atoms with Crippen LogP contribution in [-0.4, -0.2) is 49.1 Å². The second kappa shape index (κ2) is 8.86. The van der Waals surface area contributed by atoms with Crippen molar-refractivity contribution in [3.05, 3.63) is 53.3 Å². The van der Waals surface area contributed by atoms with Gasteiger partial charge in [-0.25, -0.2) is 0 Å². The van der Waals surface area contributed by atoms with Gasteiger partial charge in [0, 0.05) is 43.0 Å². The molecule has 6 heteroatoms. The van der Waals surface area contributed by atoms with Crippen LogP contribution in [0.4, 0.5) is 0 Å². The van der Waals surface area contributed by atoms with Gasteiger partial charge >= 0.3 is 0 Å². The Morgan fingerprint density at radius 1 is 1.19 bits per heavy atom. The normalized spacial score (nSPS) is 15.4. The van der Waals surface area contributed by atoms with E-state index in [1.165, 1.54) is 0 Å². The maximum atomic E-state index is 12.7. The van der Waals surface area contributed by atoms with Gasteiger partial charge in [0.1, 0.15) is 11.5 Å². The molecular formula is C21H27N3O3. The largest absolute Gasteiger partial charge is 0.496 e. The van der Waals surface area contributed by atoms with Crippen molar-refractivity contribution >= 4 is 5.91 Å². The van der Waals surface area contributed by atoms with Crippen LogP contribution in [0.3, 0.4) is 0 Å². The van der Waals surface area contributed by atoms with E-state index in [-0.39, 0.29) is 11.9 Å². The van der Waals surface area contributed by atoms with E-state index in [9.17, 15) is 4.79 Å². The summed E-state index contributed by atoms with van der Waals surface area (Å²) < 4.78 is 10.7. The fraction of sp³-hybridized carbons (Fsp3) is 0.429. The molecule has 0 saturated carbocycles. The number of piperidine rings is 1. The summed E-state index contributed by atoms with van der Waals surface area (Å²) in [5.74, 6) is 1.23. The molecule has 6 nitrogen and oxygen atoms in total. The highest BCUT2D eigenvalue weighted by Crippen LogP contribution is 2.29. The molecule has 0 atom stereocenters. The lowest BCUT2D eigenvalue weighted by Gasteiger charge is -2.32. The number of ether oxygens (including phenoxy) is 2. The molecule has 1 amide bonds. The Labute approximate surface area is 160 Å². The summed E-state index contributed by atoms with van der Waals surface area (Å²) in [5, 5.41) is 3.15. The van der Waals surface area contributed by atoms with Crippen molar-refractivity contribution in [3.8, 4) is 11.5 Å². The minimum absolute atomic E-state index is 0.0882. The summed E-state index contributed by atoms with van der Waals surface area (Å²) in [6.45, 7) is 4.66. The van der Waals surface area contributed by atoms with Crippen LogP contribution < -0.4 is 14.8 Å². The number of nitrogens with zero attached hydrogens (tertiary/aromatic N) is 2. The van der Waals surface area contributed by atoms with E-state index in [2.05, 4.69) is 15.2 Å². The molecule has 0 unspecified atom stereocenters. The zero-order valence-electron chi connectivity index (χ0n) is 16.2. The molecule has 0 spiro atoms. The SMILES string of the molecule is COc1cc(C(=O)NC2CCN(Cc3ccccn3)CC2)cc(OC)c1C. The van der Waals surface area contributed by atoms with Crippen LogP contribution in [0.15, 0.2) is 36.5 Å². The number of hydrogen-bond donors (Lipinski definition) is 1. The van der Waals surface area contributed by atoms with E-state index in [0.717, 1.165) is 43.7 Å². The Bertz CT molecular complexity index is 746. The Morgan fingerprint density at radius 2 is 1.85 bits per heavy atom. The highest BCUT2D eigenvalue weighted by Gasteiger charge is 2.22. The van der Waals surface area contributed by atoms with Crippen LogP contribution in [0.1, 0.15) is 34.5 Å². The molecule has 1 aromatic carbocycles. The summed E-state index contributed by atoms with van der Waals surface area (Å²) in [4.78, 5) is 19.4. The monoisotopic (exact) mass is 369 g/mol. The second-order valence-electron chi connectivity index (χ2n) is 6.85. The van der Waals surface area contributed by atoms with Crippen LogP contribution >= 0.6 is 0 Å². The minimum atomic E-state index is -0.0882. The van der Waals surface area contributed by atoms with Crippen LogP contribution in [0, 0.1) is 6.92 Å². The van der Waals surface area contributed by atoms with Gasteiger partial charge in [-0.05, 0) is 44.0 Å².